The number of ketones is 1. The minimum absolute atomic E-state index is 0.0164. The Labute approximate surface area is 693 Å². The van der Waals surface area contributed by atoms with Crippen LogP contribution in [0.5, 0.6) is 11.5 Å². The quantitative estimate of drug-likeness (QED) is 0.143. The average Bonchev–Trinajstić information content (AvgIpc) is 1.69. The molecule has 0 amide bonds. The number of aromatic nitrogens is 1. The Morgan fingerprint density at radius 1 is 0.368 bits per heavy atom. The Kier molecular flexibility index (Phi) is 17.9. The molecule has 0 atom stereocenters. The van der Waals surface area contributed by atoms with E-state index in [1.165, 1.54) is 57.6 Å². The van der Waals surface area contributed by atoms with E-state index in [0.717, 1.165) is 87.7 Å². The molecular weight excluding hydrogens is 1550 g/mol. The molecule has 0 aliphatic carbocycles. The van der Waals surface area contributed by atoms with Gasteiger partial charge < -0.3 is 19.4 Å². The van der Waals surface area contributed by atoms with Crippen LogP contribution in [-0.2, 0) is 56.6 Å². The molecule has 19 rings (SSSR count). The lowest BCUT2D eigenvalue weighted by atomic mass is 9.73. The van der Waals surface area contributed by atoms with Gasteiger partial charge in [0.15, 0.2) is 17.3 Å². The van der Waals surface area contributed by atoms with E-state index in [-0.39, 0.29) is 73.4 Å². The number of rotatable bonds is 8. The molecule has 15 aromatic rings. The van der Waals surface area contributed by atoms with Crippen molar-refractivity contribution in [3.63, 3.8) is 0 Å². The van der Waals surface area contributed by atoms with Crippen LogP contribution >= 0.6 is 22.7 Å². The fraction of sp³-hybridized carbons (Fsp3) is 0.190. The fourth-order valence-electron chi connectivity index (χ4n) is 16.9. The molecule has 0 saturated carbocycles. The molecule has 4 aliphatic rings. The van der Waals surface area contributed by atoms with Gasteiger partial charge in [0.1, 0.15) is 10.0 Å². The number of fused-ring (bicyclic) bond motifs is 11. The van der Waals surface area contributed by atoms with Gasteiger partial charge in [-0.3, -0.25) is 9.36 Å². The molecule has 12 aromatic carbocycles. The lowest BCUT2D eigenvalue weighted by molar-refractivity contribution is 0.103. The van der Waals surface area contributed by atoms with Gasteiger partial charge in [0.25, 0.3) is 0 Å². The molecule has 0 saturated heterocycles. The van der Waals surface area contributed by atoms with E-state index in [1.54, 1.807) is 77.3 Å². The van der Waals surface area contributed by atoms with Gasteiger partial charge in [-0.2, -0.15) is 0 Å². The lowest BCUT2D eigenvalue weighted by Gasteiger charge is -2.42. The topological polar surface area (TPSA) is 143 Å². The summed E-state index contributed by atoms with van der Waals surface area (Å²) in [5.74, 6) is 1.11. The van der Waals surface area contributed by atoms with Crippen LogP contribution in [0.1, 0.15) is 146 Å². The molecule has 117 heavy (non-hydrogen) atoms. The van der Waals surface area contributed by atoms with E-state index in [9.17, 15) is 30.0 Å². The van der Waals surface area contributed by atoms with Crippen LogP contribution in [-0.4, -0.2) is 35.6 Å². The van der Waals surface area contributed by atoms with Crippen molar-refractivity contribution in [2.24, 2.45) is 0 Å². The molecule has 17 heteroatoms. The SMILES string of the molecule is CC(C)(C)c1ccc(N(c2ccc(C(C)(C)C)cc2)c2scc(N3c4ccccc4Oc4ccccc43)c2-c2ccc3c(c2)C(=O)c2ccccc2S3(=O)=O)cc1.CC(C)(C)c1ccc2c(c1)c1cc(C(C)(C)C)ccc1n2-c1sc(-c2ccc3c(c2)S(=O)(=O)c2ccccc2S3(=O)=O)cc1N1c2ccccc2C(C)(C)c2ccccc21. The molecule has 0 spiro atoms. The van der Waals surface area contributed by atoms with Crippen molar-refractivity contribution in [2.75, 3.05) is 14.7 Å². The zero-order valence-electron chi connectivity index (χ0n) is 67.7. The lowest BCUT2D eigenvalue weighted by Crippen LogP contribution is -2.30. The van der Waals surface area contributed by atoms with Crippen LogP contribution in [0, 0.1) is 0 Å². The van der Waals surface area contributed by atoms with Gasteiger partial charge in [-0.25, -0.2) is 25.3 Å². The van der Waals surface area contributed by atoms with Crippen LogP contribution in [0.4, 0.5) is 50.5 Å². The largest absolute Gasteiger partial charge is 0.453 e. The van der Waals surface area contributed by atoms with Crippen LogP contribution in [0.3, 0.4) is 0 Å². The Hall–Kier alpha value is -11.4. The minimum Gasteiger partial charge on any atom is -0.453 e. The summed E-state index contributed by atoms with van der Waals surface area (Å²) in [5.41, 5.74) is 19.1. The predicted molar refractivity (Wildman–Crippen MR) is 478 cm³/mol. The monoisotopic (exact) mass is 1630 g/mol. The highest BCUT2D eigenvalue weighted by Gasteiger charge is 2.43. The number of nitrogens with zero attached hydrogens (tertiary/aromatic N) is 4. The maximum atomic E-state index is 14.2. The zero-order valence-corrected chi connectivity index (χ0v) is 71.7. The van der Waals surface area contributed by atoms with Gasteiger partial charge in [0, 0.05) is 54.5 Å². The van der Waals surface area contributed by atoms with Gasteiger partial charge in [-0.05, 0) is 206 Å². The average molecular weight is 1630 g/mol. The van der Waals surface area contributed by atoms with Crippen molar-refractivity contribution in [2.45, 2.75) is 153 Å². The highest BCUT2D eigenvalue weighted by molar-refractivity contribution is 7.97. The second-order valence-electron chi connectivity index (χ2n) is 35.4. The Morgan fingerprint density at radius 3 is 1.30 bits per heavy atom. The van der Waals surface area contributed by atoms with Crippen LogP contribution < -0.4 is 19.4 Å². The maximum absolute atomic E-state index is 14.2. The van der Waals surface area contributed by atoms with E-state index in [1.807, 2.05) is 54.6 Å². The van der Waals surface area contributed by atoms with Gasteiger partial charge in [-0.15, -0.1) is 22.7 Å². The molecule has 0 fully saturated rings. The first-order valence-corrected chi connectivity index (χ1v) is 45.4. The predicted octanol–water partition coefficient (Wildman–Crippen LogP) is 26.6. The van der Waals surface area contributed by atoms with Crippen molar-refractivity contribution in [3.05, 3.63) is 323 Å². The standard InChI is InChI=1S/C51H46N2O4S3.C49H42N2O4S2/c1-49(2,3)32-22-24-38-34(28-32)35-29-33(50(4,5)6)23-25-39(35)53(38)48-42(52-40-17-11-9-15-36(40)51(7,8)37-16-10-12-18-41(37)52)30-43(58-48)31-21-26-46-47(27-31)60(56,57)45-20-14-13-19-44(45)59(46,54)55;1-48(2,3)32-20-24-34(25-21-32)50(35-26-22-33(23-27-35)49(4,5)6)47-45(31-19-28-44-37(29-31)46(52)36-13-7-12-18-43(36)57(44,53)54)40(30-56-47)51-38-14-8-10-16-41(38)55-42-17-11-9-15-39(42)51/h9-30H,1-8H3;7-30H,1-6H3. The van der Waals surface area contributed by atoms with E-state index >= 15 is 0 Å². The summed E-state index contributed by atoms with van der Waals surface area (Å²) in [6.07, 6.45) is 0. The van der Waals surface area contributed by atoms with Crippen molar-refractivity contribution in [1.29, 1.82) is 0 Å². The molecule has 12 nitrogen and oxygen atoms in total. The van der Waals surface area contributed by atoms with Crippen LogP contribution in [0.2, 0.25) is 0 Å². The zero-order chi connectivity index (χ0) is 82.2. The smallest absolute Gasteiger partial charge is 0.209 e. The number of thiophene rings is 2. The maximum Gasteiger partial charge on any atom is 0.209 e. The van der Waals surface area contributed by atoms with E-state index < -0.39 is 29.5 Å². The Balaban J connectivity index is 0.000000162. The molecule has 4 aliphatic heterocycles. The number of para-hydroxylation sites is 6. The second kappa shape index (κ2) is 27.3. The van der Waals surface area contributed by atoms with Crippen LogP contribution in [0.25, 0.3) is 48.4 Å². The Bertz CT molecular complexity index is 6800. The molecule has 3 aromatic heterocycles. The fourth-order valence-corrected chi connectivity index (χ4v) is 25.0. The molecule has 7 heterocycles. The summed E-state index contributed by atoms with van der Waals surface area (Å²) < 4.78 is 93.0. The summed E-state index contributed by atoms with van der Waals surface area (Å²) in [6.45, 7) is 31.3. The van der Waals surface area contributed by atoms with Crippen molar-refractivity contribution in [1.82, 2.24) is 4.57 Å². The second-order valence-corrected chi connectivity index (χ2v) is 42.9. The van der Waals surface area contributed by atoms with Crippen LogP contribution in [0.15, 0.2) is 308 Å². The number of ether oxygens (including phenoxy) is 1. The van der Waals surface area contributed by atoms with Gasteiger partial charge in [0.2, 0.25) is 29.5 Å². The molecule has 586 valence electrons. The number of benzene rings is 12. The van der Waals surface area contributed by atoms with Gasteiger partial charge in [0.05, 0.1) is 74.5 Å². The van der Waals surface area contributed by atoms with Crippen molar-refractivity contribution in [3.8, 4) is 38.1 Å². The molecule has 0 bridgehead atoms. The molecule has 0 N–H and O–H groups in total. The first-order chi connectivity index (χ1) is 55.5. The number of anilines is 9. The number of carbonyl (C=O) groups is 1. The van der Waals surface area contributed by atoms with Gasteiger partial charge in [-0.1, -0.05) is 230 Å². The molecule has 0 unspecified atom stereocenters. The van der Waals surface area contributed by atoms with Crippen molar-refractivity contribution < 1.29 is 34.8 Å². The molecule has 0 radical (unpaired) electrons. The van der Waals surface area contributed by atoms with Crippen molar-refractivity contribution >= 4 is 130 Å². The van der Waals surface area contributed by atoms with E-state index in [4.69, 9.17) is 4.74 Å². The number of hydrogen-bond acceptors (Lipinski definition) is 13. The first-order valence-electron chi connectivity index (χ1n) is 39.3. The summed E-state index contributed by atoms with van der Waals surface area (Å²) in [7, 11) is -12.1. The highest BCUT2D eigenvalue weighted by atomic mass is 32.2. The summed E-state index contributed by atoms with van der Waals surface area (Å²) >= 11 is 3.17. The number of hydrogen-bond donors (Lipinski definition) is 0. The Morgan fingerprint density at radius 2 is 0.778 bits per heavy atom. The molecular formula is C100H88N4O8S5. The van der Waals surface area contributed by atoms with Gasteiger partial charge >= 0.3 is 0 Å². The third-order valence-electron chi connectivity index (χ3n) is 23.3. The number of carbonyl (C=O) groups excluding carboxylic acids is 1. The summed E-state index contributed by atoms with van der Waals surface area (Å²) in [6, 6.07) is 88.6. The number of sulfone groups is 3. The van der Waals surface area contributed by atoms with E-state index in [0.29, 0.717) is 22.6 Å². The normalized spacial score (nSPS) is 15.3. The minimum atomic E-state index is -4.14. The summed E-state index contributed by atoms with van der Waals surface area (Å²) in [4.78, 5) is 21.1. The first kappa shape index (κ1) is 76.8. The third kappa shape index (κ3) is 12.6. The summed E-state index contributed by atoms with van der Waals surface area (Å²) in [5, 5.41) is 6.34. The highest BCUT2D eigenvalue weighted by Crippen LogP contribution is 2.60. The van der Waals surface area contributed by atoms with E-state index in [2.05, 4.69) is 261 Å². The third-order valence-corrected chi connectivity index (χ3v) is 31.3.